The first-order valence-corrected chi connectivity index (χ1v) is 7.50. The molecule has 23 heavy (non-hydrogen) atoms. The molecule has 1 aromatic heterocycles. The van der Waals surface area contributed by atoms with Gasteiger partial charge in [-0.2, -0.15) is 0 Å². The van der Waals surface area contributed by atoms with Crippen molar-refractivity contribution in [3.05, 3.63) is 84.2 Å². The summed E-state index contributed by atoms with van der Waals surface area (Å²) in [4.78, 5) is 12.9. The average molecular weight is 303 g/mol. The highest BCUT2D eigenvalue weighted by Crippen LogP contribution is 2.28. The van der Waals surface area contributed by atoms with Crippen LogP contribution < -0.4 is 0 Å². The highest BCUT2D eigenvalue weighted by molar-refractivity contribution is 6.13. The SMILES string of the molecule is O=C(Cc1ccc(F)cc1)n1c2ccccc2c2ccccc21. The van der Waals surface area contributed by atoms with Crippen molar-refractivity contribution < 1.29 is 9.18 Å². The predicted octanol–water partition coefficient (Wildman–Crippen LogP) is 4.82. The number of carbonyl (C=O) groups is 1. The van der Waals surface area contributed by atoms with Crippen LogP contribution in [0.15, 0.2) is 72.8 Å². The summed E-state index contributed by atoms with van der Waals surface area (Å²) < 4.78 is 14.8. The fraction of sp³-hybridized carbons (Fsp3) is 0.0500. The minimum Gasteiger partial charge on any atom is -0.280 e. The number of nitrogens with zero attached hydrogens (tertiary/aromatic N) is 1. The third-order valence-electron chi connectivity index (χ3n) is 4.10. The van der Waals surface area contributed by atoms with Gasteiger partial charge in [0, 0.05) is 10.8 Å². The Morgan fingerprint density at radius 3 is 1.87 bits per heavy atom. The van der Waals surface area contributed by atoms with E-state index in [1.54, 1.807) is 16.7 Å². The van der Waals surface area contributed by atoms with Crippen molar-refractivity contribution in [2.45, 2.75) is 6.42 Å². The zero-order chi connectivity index (χ0) is 15.8. The van der Waals surface area contributed by atoms with Crippen LogP contribution in [0.2, 0.25) is 0 Å². The van der Waals surface area contributed by atoms with E-state index in [1.165, 1.54) is 12.1 Å². The van der Waals surface area contributed by atoms with Gasteiger partial charge in [-0.25, -0.2) is 4.39 Å². The zero-order valence-electron chi connectivity index (χ0n) is 12.4. The molecule has 1 heterocycles. The van der Waals surface area contributed by atoms with Crippen LogP contribution in [0.25, 0.3) is 21.8 Å². The molecule has 0 N–H and O–H groups in total. The van der Waals surface area contributed by atoms with Crippen LogP contribution in [-0.4, -0.2) is 10.5 Å². The standard InChI is InChI=1S/C20H14FNO/c21-15-11-9-14(10-12-15)13-20(23)22-18-7-3-1-5-16(18)17-6-2-4-8-19(17)22/h1-12H,13H2. The van der Waals surface area contributed by atoms with Gasteiger partial charge < -0.3 is 0 Å². The van der Waals surface area contributed by atoms with E-state index in [-0.39, 0.29) is 18.1 Å². The van der Waals surface area contributed by atoms with Gasteiger partial charge >= 0.3 is 0 Å². The molecule has 3 aromatic carbocycles. The molecule has 0 fully saturated rings. The lowest BCUT2D eigenvalue weighted by molar-refractivity contribution is 0.0924. The van der Waals surface area contributed by atoms with Crippen molar-refractivity contribution >= 4 is 27.7 Å². The third-order valence-corrected chi connectivity index (χ3v) is 4.10. The Morgan fingerprint density at radius 2 is 1.30 bits per heavy atom. The van der Waals surface area contributed by atoms with Gasteiger partial charge in [-0.3, -0.25) is 9.36 Å². The Labute approximate surface area is 132 Å². The molecule has 0 bridgehead atoms. The van der Waals surface area contributed by atoms with E-state index in [0.717, 1.165) is 27.4 Å². The van der Waals surface area contributed by atoms with E-state index < -0.39 is 0 Å². The monoisotopic (exact) mass is 303 g/mol. The summed E-state index contributed by atoms with van der Waals surface area (Å²) in [6.07, 6.45) is 0.239. The van der Waals surface area contributed by atoms with Crippen LogP contribution in [0.4, 0.5) is 4.39 Å². The van der Waals surface area contributed by atoms with E-state index in [2.05, 4.69) is 0 Å². The molecule has 0 spiro atoms. The smallest absolute Gasteiger partial charge is 0.235 e. The number of rotatable bonds is 2. The third kappa shape index (κ3) is 2.30. The topological polar surface area (TPSA) is 22.0 Å². The van der Waals surface area contributed by atoms with Crippen molar-refractivity contribution in [3.8, 4) is 0 Å². The van der Waals surface area contributed by atoms with E-state index in [0.29, 0.717) is 0 Å². The van der Waals surface area contributed by atoms with E-state index in [1.807, 2.05) is 48.5 Å². The summed E-state index contributed by atoms with van der Waals surface area (Å²) in [6, 6.07) is 21.9. The summed E-state index contributed by atoms with van der Waals surface area (Å²) in [7, 11) is 0. The van der Waals surface area contributed by atoms with Gasteiger partial charge in [-0.1, -0.05) is 48.5 Å². The number of para-hydroxylation sites is 2. The molecule has 0 atom stereocenters. The maximum atomic E-state index is 13.0. The quantitative estimate of drug-likeness (QED) is 0.520. The van der Waals surface area contributed by atoms with Gasteiger partial charge in [0.15, 0.2) is 0 Å². The highest BCUT2D eigenvalue weighted by Gasteiger charge is 2.15. The van der Waals surface area contributed by atoms with Gasteiger partial charge in [0.1, 0.15) is 5.82 Å². The van der Waals surface area contributed by atoms with Crippen LogP contribution >= 0.6 is 0 Å². The normalized spacial score (nSPS) is 11.2. The minimum absolute atomic E-state index is 0.0194. The number of benzene rings is 3. The molecule has 0 saturated heterocycles. The van der Waals surface area contributed by atoms with Gasteiger partial charge in [-0.15, -0.1) is 0 Å². The summed E-state index contributed by atoms with van der Waals surface area (Å²) in [6.45, 7) is 0. The molecule has 0 saturated carbocycles. The number of halogens is 1. The van der Waals surface area contributed by atoms with Crippen LogP contribution in [0.3, 0.4) is 0 Å². The summed E-state index contributed by atoms with van der Waals surface area (Å²) in [5.74, 6) is -0.313. The molecule has 0 unspecified atom stereocenters. The molecule has 112 valence electrons. The maximum absolute atomic E-state index is 13.0. The molecule has 0 radical (unpaired) electrons. The zero-order valence-corrected chi connectivity index (χ0v) is 12.4. The number of fused-ring (bicyclic) bond motifs is 3. The van der Waals surface area contributed by atoms with Gasteiger partial charge in [0.2, 0.25) is 5.91 Å². The fourth-order valence-corrected chi connectivity index (χ4v) is 3.05. The first-order valence-electron chi connectivity index (χ1n) is 7.50. The molecule has 4 rings (SSSR count). The second-order valence-corrected chi connectivity index (χ2v) is 5.57. The molecule has 0 aliphatic heterocycles. The van der Waals surface area contributed by atoms with Crippen LogP contribution in [0.5, 0.6) is 0 Å². The first kappa shape index (κ1) is 13.7. The van der Waals surface area contributed by atoms with Crippen LogP contribution in [0, 0.1) is 5.82 Å². The Balaban J connectivity index is 1.86. The van der Waals surface area contributed by atoms with Gasteiger partial charge in [0.05, 0.1) is 17.5 Å². The molecule has 0 aliphatic carbocycles. The van der Waals surface area contributed by atoms with Crippen LogP contribution in [-0.2, 0) is 6.42 Å². The number of carbonyl (C=O) groups excluding carboxylic acids is 1. The average Bonchev–Trinajstić information content (AvgIpc) is 2.91. The van der Waals surface area contributed by atoms with Crippen molar-refractivity contribution in [2.24, 2.45) is 0 Å². The van der Waals surface area contributed by atoms with Crippen molar-refractivity contribution in [1.82, 2.24) is 4.57 Å². The van der Waals surface area contributed by atoms with Crippen molar-refractivity contribution in [1.29, 1.82) is 0 Å². The maximum Gasteiger partial charge on any atom is 0.235 e. The number of hydrogen-bond acceptors (Lipinski definition) is 1. The van der Waals surface area contributed by atoms with E-state index >= 15 is 0 Å². The second-order valence-electron chi connectivity index (χ2n) is 5.57. The van der Waals surface area contributed by atoms with Gasteiger partial charge in [0.25, 0.3) is 0 Å². The molecule has 2 nitrogen and oxygen atoms in total. The number of hydrogen-bond donors (Lipinski definition) is 0. The summed E-state index contributed by atoms with van der Waals surface area (Å²) in [5, 5.41) is 2.13. The first-order chi connectivity index (χ1) is 11.2. The Hall–Kier alpha value is -2.94. The highest BCUT2D eigenvalue weighted by atomic mass is 19.1. The predicted molar refractivity (Wildman–Crippen MR) is 90.2 cm³/mol. The van der Waals surface area contributed by atoms with Crippen molar-refractivity contribution in [3.63, 3.8) is 0 Å². The molecule has 4 aromatic rings. The van der Waals surface area contributed by atoms with Crippen LogP contribution in [0.1, 0.15) is 10.4 Å². The largest absolute Gasteiger partial charge is 0.280 e. The Kier molecular flexibility index (Phi) is 3.19. The lowest BCUT2D eigenvalue weighted by Gasteiger charge is -2.06. The minimum atomic E-state index is -0.293. The fourth-order valence-electron chi connectivity index (χ4n) is 3.05. The molecule has 0 aliphatic rings. The summed E-state index contributed by atoms with van der Waals surface area (Å²) in [5.41, 5.74) is 2.61. The second kappa shape index (κ2) is 5.36. The van der Waals surface area contributed by atoms with E-state index in [4.69, 9.17) is 0 Å². The lowest BCUT2D eigenvalue weighted by Crippen LogP contribution is -2.13. The molecular formula is C20H14FNO. The Bertz CT molecular complexity index is 962. The number of aromatic nitrogens is 1. The van der Waals surface area contributed by atoms with Crippen molar-refractivity contribution in [2.75, 3.05) is 0 Å². The summed E-state index contributed by atoms with van der Waals surface area (Å²) >= 11 is 0. The molecular weight excluding hydrogens is 289 g/mol. The van der Waals surface area contributed by atoms with E-state index in [9.17, 15) is 9.18 Å². The molecule has 0 amide bonds. The lowest BCUT2D eigenvalue weighted by atomic mass is 10.1. The Morgan fingerprint density at radius 1 is 0.783 bits per heavy atom. The van der Waals surface area contributed by atoms with Gasteiger partial charge in [-0.05, 0) is 29.8 Å². The molecule has 3 heteroatoms.